The Kier molecular flexibility index (Phi) is 7.49. The smallest absolute Gasteiger partial charge is 0.123 e. The summed E-state index contributed by atoms with van der Waals surface area (Å²) >= 11 is 0. The van der Waals surface area contributed by atoms with Gasteiger partial charge in [0, 0.05) is 39.3 Å². The van der Waals surface area contributed by atoms with Crippen LogP contribution >= 0.6 is 0 Å². The Bertz CT molecular complexity index is 1060. The number of halogens is 1. The highest BCUT2D eigenvalue weighted by Gasteiger charge is 2.24. The molecular formula is C30H33FN2O. The number of nitrogens with zero attached hydrogens (tertiary/aromatic N) is 2. The van der Waals surface area contributed by atoms with E-state index in [9.17, 15) is 4.39 Å². The van der Waals surface area contributed by atoms with E-state index >= 15 is 0 Å². The van der Waals surface area contributed by atoms with Crippen LogP contribution < -0.4 is 0 Å². The number of aryl methyl sites for hydroxylation is 2. The highest BCUT2D eigenvalue weighted by molar-refractivity contribution is 5.49. The molecule has 0 unspecified atom stereocenters. The first kappa shape index (κ1) is 23.0. The van der Waals surface area contributed by atoms with Crippen LogP contribution in [0.15, 0.2) is 78.9 Å². The van der Waals surface area contributed by atoms with Crippen LogP contribution in [0.2, 0.25) is 0 Å². The number of hydrogen-bond acceptors (Lipinski definition) is 3. The quantitative estimate of drug-likeness (QED) is 0.476. The van der Waals surface area contributed by atoms with Crippen molar-refractivity contribution in [3.63, 3.8) is 0 Å². The molecule has 2 aliphatic rings. The van der Waals surface area contributed by atoms with Crippen LogP contribution in [0.5, 0.6) is 0 Å². The van der Waals surface area contributed by atoms with Gasteiger partial charge < -0.3 is 4.74 Å². The van der Waals surface area contributed by atoms with E-state index < -0.39 is 0 Å². The van der Waals surface area contributed by atoms with Gasteiger partial charge >= 0.3 is 0 Å². The lowest BCUT2D eigenvalue weighted by atomic mass is 9.97. The van der Waals surface area contributed by atoms with E-state index in [4.69, 9.17) is 4.74 Å². The van der Waals surface area contributed by atoms with Gasteiger partial charge in [0.1, 0.15) is 11.9 Å². The standard InChI is InChI=1S/C30H33FN2O/c31-27-15-11-24(12-16-27)6-5-17-32-18-20-33(21-19-32)22-23-34-30-28-9-3-1-7-25(28)13-14-26-8-2-4-10-29(26)30/h1-12,15-16,30H,13-14,17-23H2/b6-5+. The van der Waals surface area contributed by atoms with Crippen molar-refractivity contribution in [3.8, 4) is 0 Å². The number of ether oxygens (including phenoxy) is 1. The molecule has 4 heteroatoms. The number of fused-ring (bicyclic) bond motifs is 2. The van der Waals surface area contributed by atoms with Crippen molar-refractivity contribution in [3.05, 3.63) is 113 Å². The molecule has 1 fully saturated rings. The highest BCUT2D eigenvalue weighted by Crippen LogP contribution is 2.35. The molecule has 0 aromatic heterocycles. The molecule has 0 radical (unpaired) electrons. The maximum Gasteiger partial charge on any atom is 0.123 e. The molecular weight excluding hydrogens is 423 g/mol. The van der Waals surface area contributed by atoms with Crippen LogP contribution in [0, 0.1) is 5.82 Å². The summed E-state index contributed by atoms with van der Waals surface area (Å²) in [7, 11) is 0. The van der Waals surface area contributed by atoms with Crippen LogP contribution in [0.25, 0.3) is 6.08 Å². The first-order valence-corrected chi connectivity index (χ1v) is 12.4. The molecule has 0 N–H and O–H groups in total. The minimum absolute atomic E-state index is 0.0211. The number of benzene rings is 3. The van der Waals surface area contributed by atoms with E-state index in [0.29, 0.717) is 0 Å². The third kappa shape index (κ3) is 5.64. The maximum absolute atomic E-state index is 13.0. The minimum Gasteiger partial charge on any atom is -0.367 e. The van der Waals surface area contributed by atoms with E-state index in [2.05, 4.69) is 70.5 Å². The van der Waals surface area contributed by atoms with E-state index in [1.165, 1.54) is 34.4 Å². The molecule has 3 aromatic carbocycles. The fraction of sp³-hybridized carbons (Fsp3) is 0.333. The van der Waals surface area contributed by atoms with Crippen molar-refractivity contribution >= 4 is 6.08 Å². The molecule has 176 valence electrons. The Hall–Kier alpha value is -2.79. The van der Waals surface area contributed by atoms with Crippen molar-refractivity contribution in [2.24, 2.45) is 0 Å². The Morgan fingerprint density at radius 1 is 0.765 bits per heavy atom. The van der Waals surface area contributed by atoms with Crippen molar-refractivity contribution in [2.45, 2.75) is 18.9 Å². The predicted octanol–water partition coefficient (Wildman–Crippen LogP) is 5.36. The third-order valence-electron chi connectivity index (χ3n) is 7.04. The van der Waals surface area contributed by atoms with E-state index in [1.54, 1.807) is 0 Å². The summed E-state index contributed by atoms with van der Waals surface area (Å²) in [6, 6.07) is 24.2. The van der Waals surface area contributed by atoms with E-state index in [0.717, 1.165) is 64.3 Å². The molecule has 0 spiro atoms. The second kappa shape index (κ2) is 11.1. The molecule has 0 bridgehead atoms. The van der Waals surface area contributed by atoms with E-state index in [-0.39, 0.29) is 11.9 Å². The van der Waals surface area contributed by atoms with Gasteiger partial charge in [0.05, 0.1) is 6.61 Å². The highest BCUT2D eigenvalue weighted by atomic mass is 19.1. The van der Waals surface area contributed by atoms with E-state index in [1.807, 2.05) is 12.1 Å². The molecule has 5 rings (SSSR count). The lowest BCUT2D eigenvalue weighted by Gasteiger charge is -2.34. The molecule has 1 aliphatic carbocycles. The first-order chi connectivity index (χ1) is 16.8. The van der Waals surface area contributed by atoms with Gasteiger partial charge in [0.15, 0.2) is 0 Å². The zero-order chi connectivity index (χ0) is 23.2. The Morgan fingerprint density at radius 2 is 1.35 bits per heavy atom. The lowest BCUT2D eigenvalue weighted by molar-refractivity contribution is 0.0465. The van der Waals surface area contributed by atoms with Crippen LogP contribution in [0.3, 0.4) is 0 Å². The minimum atomic E-state index is -0.190. The monoisotopic (exact) mass is 456 g/mol. The van der Waals surface area contributed by atoms with Gasteiger partial charge in [-0.15, -0.1) is 0 Å². The Morgan fingerprint density at radius 3 is 2.00 bits per heavy atom. The number of rotatable bonds is 7. The zero-order valence-electron chi connectivity index (χ0n) is 19.7. The molecule has 1 saturated heterocycles. The van der Waals surface area contributed by atoms with Crippen molar-refractivity contribution in [2.75, 3.05) is 45.9 Å². The zero-order valence-corrected chi connectivity index (χ0v) is 19.7. The summed E-state index contributed by atoms with van der Waals surface area (Å²) in [6.07, 6.45) is 6.41. The average Bonchev–Trinajstić information content (AvgIpc) is 3.03. The SMILES string of the molecule is Fc1ccc(/C=C/CN2CCN(CCOC3c4ccccc4CCc4ccccc43)CC2)cc1. The van der Waals surface area contributed by atoms with Crippen LogP contribution in [-0.2, 0) is 17.6 Å². The Balaban J connectivity index is 1.12. The summed E-state index contributed by atoms with van der Waals surface area (Å²) in [6.45, 7) is 6.86. The molecule has 0 atom stereocenters. The molecule has 0 saturated carbocycles. The van der Waals surface area contributed by atoms with Gasteiger partial charge in [-0.25, -0.2) is 4.39 Å². The lowest BCUT2D eigenvalue weighted by Crippen LogP contribution is -2.47. The Labute approximate surface area is 202 Å². The summed E-state index contributed by atoms with van der Waals surface area (Å²) < 4.78 is 19.6. The van der Waals surface area contributed by atoms with Crippen molar-refractivity contribution in [1.82, 2.24) is 9.80 Å². The van der Waals surface area contributed by atoms with Crippen molar-refractivity contribution in [1.29, 1.82) is 0 Å². The second-order valence-electron chi connectivity index (χ2n) is 9.24. The second-order valence-corrected chi connectivity index (χ2v) is 9.24. The molecule has 1 heterocycles. The van der Waals surface area contributed by atoms with Gasteiger partial charge in [-0.1, -0.05) is 72.8 Å². The number of piperazine rings is 1. The van der Waals surface area contributed by atoms with Crippen LogP contribution in [0.4, 0.5) is 4.39 Å². The summed E-state index contributed by atoms with van der Waals surface area (Å²) in [5, 5.41) is 0. The normalized spacial score (nSPS) is 17.4. The summed E-state index contributed by atoms with van der Waals surface area (Å²) in [4.78, 5) is 4.98. The summed E-state index contributed by atoms with van der Waals surface area (Å²) in [5.74, 6) is -0.190. The molecule has 34 heavy (non-hydrogen) atoms. The van der Waals surface area contributed by atoms with Crippen LogP contribution in [0.1, 0.15) is 33.9 Å². The number of hydrogen-bond donors (Lipinski definition) is 0. The van der Waals surface area contributed by atoms with Gasteiger partial charge in [0.2, 0.25) is 0 Å². The molecule has 3 nitrogen and oxygen atoms in total. The van der Waals surface area contributed by atoms with Gasteiger partial charge in [-0.05, 0) is 52.8 Å². The molecule has 3 aromatic rings. The average molecular weight is 457 g/mol. The topological polar surface area (TPSA) is 15.7 Å². The molecule has 0 amide bonds. The first-order valence-electron chi connectivity index (χ1n) is 12.4. The molecule has 1 aliphatic heterocycles. The van der Waals surface area contributed by atoms with Gasteiger partial charge in [-0.2, -0.15) is 0 Å². The predicted molar refractivity (Wildman–Crippen MR) is 136 cm³/mol. The van der Waals surface area contributed by atoms with Gasteiger partial charge in [0.25, 0.3) is 0 Å². The fourth-order valence-electron chi connectivity index (χ4n) is 5.06. The fourth-order valence-corrected chi connectivity index (χ4v) is 5.06. The third-order valence-corrected chi connectivity index (χ3v) is 7.04. The largest absolute Gasteiger partial charge is 0.367 e. The maximum atomic E-state index is 13.0. The summed E-state index contributed by atoms with van der Waals surface area (Å²) in [5.41, 5.74) is 6.51. The van der Waals surface area contributed by atoms with Crippen molar-refractivity contribution < 1.29 is 9.13 Å². The van der Waals surface area contributed by atoms with Crippen LogP contribution in [-0.4, -0.2) is 55.7 Å². The van der Waals surface area contributed by atoms with Gasteiger partial charge in [-0.3, -0.25) is 9.80 Å².